The lowest BCUT2D eigenvalue weighted by Crippen LogP contribution is -2.25. The van der Waals surface area contributed by atoms with E-state index in [2.05, 4.69) is 23.9 Å². The van der Waals surface area contributed by atoms with Crippen molar-refractivity contribution in [3.05, 3.63) is 0 Å². The Balaban J connectivity index is 3.17. The number of thioether (sulfide) groups is 1. The van der Waals surface area contributed by atoms with Crippen molar-refractivity contribution in [1.29, 1.82) is 0 Å². The molecule has 3 nitrogen and oxygen atoms in total. The van der Waals surface area contributed by atoms with Gasteiger partial charge in [0.1, 0.15) is 0 Å². The van der Waals surface area contributed by atoms with Gasteiger partial charge in [-0.15, -0.1) is 0 Å². The molecule has 1 atom stereocenters. The number of esters is 1. The number of hydrogen-bond acceptors (Lipinski definition) is 4. The number of ether oxygens (including phenoxy) is 1. The molecule has 14 heavy (non-hydrogen) atoms. The normalized spacial score (nSPS) is 12.5. The van der Waals surface area contributed by atoms with Gasteiger partial charge in [0.25, 0.3) is 0 Å². The quantitative estimate of drug-likeness (QED) is 0.498. The minimum Gasteiger partial charge on any atom is -0.469 e. The molecule has 1 unspecified atom stereocenters. The summed E-state index contributed by atoms with van der Waals surface area (Å²) in [6, 6.07) is 0.575. The minimum absolute atomic E-state index is 0.114. The molecule has 0 aromatic carbocycles. The molecule has 0 saturated heterocycles. The van der Waals surface area contributed by atoms with Crippen molar-refractivity contribution >= 4 is 17.7 Å². The summed E-state index contributed by atoms with van der Waals surface area (Å²) >= 11 is 1.81. The van der Waals surface area contributed by atoms with Crippen molar-refractivity contribution < 1.29 is 9.53 Å². The summed E-state index contributed by atoms with van der Waals surface area (Å²) in [4.78, 5) is 10.8. The molecule has 84 valence electrons. The van der Waals surface area contributed by atoms with Crippen LogP contribution >= 0.6 is 11.8 Å². The van der Waals surface area contributed by atoms with Crippen molar-refractivity contribution in [3.8, 4) is 0 Å². The van der Waals surface area contributed by atoms with Crippen molar-refractivity contribution in [2.75, 3.05) is 25.2 Å². The fraction of sp³-hybridized carbons (Fsp3) is 0.900. The summed E-state index contributed by atoms with van der Waals surface area (Å²) < 4.78 is 4.55. The SMILES string of the molecule is CCNC(C)CCSCCC(=O)OC. The molecule has 0 aliphatic carbocycles. The second kappa shape index (κ2) is 9.34. The molecule has 0 radical (unpaired) electrons. The second-order valence-electron chi connectivity index (χ2n) is 3.19. The van der Waals surface area contributed by atoms with Crippen LogP contribution in [0.3, 0.4) is 0 Å². The first-order valence-electron chi connectivity index (χ1n) is 5.08. The van der Waals surface area contributed by atoms with Gasteiger partial charge in [-0.3, -0.25) is 4.79 Å². The zero-order valence-electron chi connectivity index (χ0n) is 9.34. The maximum absolute atomic E-state index is 10.8. The molecule has 0 aromatic heterocycles. The van der Waals surface area contributed by atoms with Crippen LogP contribution in [-0.4, -0.2) is 37.2 Å². The lowest BCUT2D eigenvalue weighted by molar-refractivity contribution is -0.140. The van der Waals surface area contributed by atoms with E-state index in [1.807, 2.05) is 11.8 Å². The molecular formula is C10H21NO2S. The molecule has 0 aromatic rings. The molecule has 0 heterocycles. The summed E-state index contributed by atoms with van der Waals surface area (Å²) in [5, 5.41) is 3.35. The van der Waals surface area contributed by atoms with Gasteiger partial charge in [0.2, 0.25) is 0 Å². The lowest BCUT2D eigenvalue weighted by Gasteiger charge is -2.10. The van der Waals surface area contributed by atoms with E-state index < -0.39 is 0 Å². The number of methoxy groups -OCH3 is 1. The maximum atomic E-state index is 10.8. The van der Waals surface area contributed by atoms with E-state index in [0.29, 0.717) is 12.5 Å². The van der Waals surface area contributed by atoms with Gasteiger partial charge in [0, 0.05) is 11.8 Å². The first kappa shape index (κ1) is 13.8. The van der Waals surface area contributed by atoms with Crippen LogP contribution in [0.15, 0.2) is 0 Å². The van der Waals surface area contributed by atoms with Crippen LogP contribution in [0.4, 0.5) is 0 Å². The molecule has 0 spiro atoms. The van der Waals surface area contributed by atoms with Crippen LogP contribution in [0.25, 0.3) is 0 Å². The summed E-state index contributed by atoms with van der Waals surface area (Å²) in [7, 11) is 1.43. The molecule has 0 bridgehead atoms. The van der Waals surface area contributed by atoms with E-state index in [9.17, 15) is 4.79 Å². The summed E-state index contributed by atoms with van der Waals surface area (Å²) in [6.07, 6.45) is 1.68. The summed E-state index contributed by atoms with van der Waals surface area (Å²) in [6.45, 7) is 5.32. The zero-order chi connectivity index (χ0) is 10.8. The van der Waals surface area contributed by atoms with Crippen LogP contribution in [0.2, 0.25) is 0 Å². The van der Waals surface area contributed by atoms with Gasteiger partial charge in [0.05, 0.1) is 13.5 Å². The highest BCUT2D eigenvalue weighted by atomic mass is 32.2. The topological polar surface area (TPSA) is 38.3 Å². The van der Waals surface area contributed by atoms with Crippen molar-refractivity contribution in [2.24, 2.45) is 0 Å². The molecule has 1 N–H and O–H groups in total. The minimum atomic E-state index is -0.114. The third kappa shape index (κ3) is 8.38. The van der Waals surface area contributed by atoms with Crippen LogP contribution in [-0.2, 0) is 9.53 Å². The van der Waals surface area contributed by atoms with Crippen LogP contribution in [0, 0.1) is 0 Å². The Morgan fingerprint density at radius 1 is 1.50 bits per heavy atom. The molecule has 4 heteroatoms. The van der Waals surface area contributed by atoms with E-state index in [1.165, 1.54) is 7.11 Å². The smallest absolute Gasteiger partial charge is 0.306 e. The van der Waals surface area contributed by atoms with Crippen molar-refractivity contribution in [1.82, 2.24) is 5.32 Å². The number of nitrogens with one attached hydrogen (secondary N) is 1. The molecule has 0 saturated carbocycles. The van der Waals surface area contributed by atoms with E-state index in [0.717, 1.165) is 24.5 Å². The predicted molar refractivity (Wildman–Crippen MR) is 61.7 cm³/mol. The van der Waals surface area contributed by atoms with Gasteiger partial charge >= 0.3 is 5.97 Å². The first-order valence-corrected chi connectivity index (χ1v) is 6.24. The van der Waals surface area contributed by atoms with Crippen LogP contribution < -0.4 is 5.32 Å². The van der Waals surface area contributed by atoms with Crippen molar-refractivity contribution in [2.45, 2.75) is 32.7 Å². The highest BCUT2D eigenvalue weighted by Crippen LogP contribution is 2.06. The van der Waals surface area contributed by atoms with E-state index in [4.69, 9.17) is 0 Å². The lowest BCUT2D eigenvalue weighted by atomic mass is 10.3. The largest absolute Gasteiger partial charge is 0.469 e. The average molecular weight is 219 g/mol. The molecular weight excluding hydrogens is 198 g/mol. The third-order valence-electron chi connectivity index (χ3n) is 1.93. The van der Waals surface area contributed by atoms with Gasteiger partial charge in [-0.2, -0.15) is 11.8 Å². The average Bonchev–Trinajstić information content (AvgIpc) is 2.17. The molecule has 0 fully saturated rings. The highest BCUT2D eigenvalue weighted by Gasteiger charge is 2.01. The summed E-state index contributed by atoms with van der Waals surface area (Å²) in [5.41, 5.74) is 0. The standard InChI is InChI=1S/C10H21NO2S/c1-4-11-9(2)5-7-14-8-6-10(12)13-3/h9,11H,4-8H2,1-3H3. The molecule has 0 aliphatic rings. The number of carbonyl (C=O) groups excluding carboxylic acids is 1. The van der Waals surface area contributed by atoms with E-state index in [1.54, 1.807) is 0 Å². The van der Waals surface area contributed by atoms with Gasteiger partial charge in [-0.25, -0.2) is 0 Å². The van der Waals surface area contributed by atoms with E-state index >= 15 is 0 Å². The first-order chi connectivity index (χ1) is 6.70. The second-order valence-corrected chi connectivity index (χ2v) is 4.41. The number of rotatable bonds is 8. The number of carbonyl (C=O) groups is 1. The molecule has 0 rings (SSSR count). The molecule has 0 amide bonds. The van der Waals surface area contributed by atoms with Crippen LogP contribution in [0.1, 0.15) is 26.7 Å². The van der Waals surface area contributed by atoms with Gasteiger partial charge in [-0.05, 0) is 25.6 Å². The Bertz CT molecular complexity index is 153. The maximum Gasteiger partial charge on any atom is 0.306 e. The fourth-order valence-corrected chi connectivity index (χ4v) is 2.11. The van der Waals surface area contributed by atoms with E-state index in [-0.39, 0.29) is 5.97 Å². The van der Waals surface area contributed by atoms with Gasteiger partial charge in [-0.1, -0.05) is 6.92 Å². The highest BCUT2D eigenvalue weighted by molar-refractivity contribution is 7.99. The Hall–Kier alpha value is -0.220. The fourth-order valence-electron chi connectivity index (χ4n) is 1.07. The molecule has 0 aliphatic heterocycles. The van der Waals surface area contributed by atoms with Gasteiger partial charge in [0.15, 0.2) is 0 Å². The van der Waals surface area contributed by atoms with Gasteiger partial charge < -0.3 is 10.1 Å². The van der Waals surface area contributed by atoms with Crippen molar-refractivity contribution in [3.63, 3.8) is 0 Å². The Kier molecular flexibility index (Phi) is 9.19. The zero-order valence-corrected chi connectivity index (χ0v) is 10.2. The third-order valence-corrected chi connectivity index (χ3v) is 2.94. The summed E-state index contributed by atoms with van der Waals surface area (Å²) in [5.74, 6) is 1.86. The Morgan fingerprint density at radius 2 is 2.21 bits per heavy atom. The Labute approximate surface area is 91.0 Å². The number of hydrogen-bond donors (Lipinski definition) is 1. The monoisotopic (exact) mass is 219 g/mol. The predicted octanol–water partition coefficient (Wildman–Crippen LogP) is 1.67. The Morgan fingerprint density at radius 3 is 2.79 bits per heavy atom. The van der Waals surface area contributed by atoms with Crippen LogP contribution in [0.5, 0.6) is 0 Å².